The summed E-state index contributed by atoms with van der Waals surface area (Å²) in [6.45, 7) is 2.88. The van der Waals surface area contributed by atoms with Crippen LogP contribution in [0.1, 0.15) is 44.1 Å². The highest BCUT2D eigenvalue weighted by Gasteiger charge is 2.35. The van der Waals surface area contributed by atoms with Gasteiger partial charge in [0.2, 0.25) is 5.91 Å². The number of nitrogens with zero attached hydrogens (tertiary/aromatic N) is 3. The molecule has 156 valence electrons. The van der Waals surface area contributed by atoms with Crippen LogP contribution in [-0.4, -0.2) is 32.9 Å². The van der Waals surface area contributed by atoms with Crippen LogP contribution in [0.25, 0.3) is 20.7 Å². The predicted octanol–water partition coefficient (Wildman–Crippen LogP) is 4.61. The van der Waals surface area contributed by atoms with Gasteiger partial charge in [0.15, 0.2) is 0 Å². The van der Waals surface area contributed by atoms with Crippen LogP contribution in [0.5, 0.6) is 0 Å². The largest absolute Gasteiger partial charge is 0.338 e. The molecule has 5 rings (SSSR count). The molecule has 1 aliphatic heterocycles. The van der Waals surface area contributed by atoms with Crippen LogP contribution in [-0.2, 0) is 11.3 Å². The van der Waals surface area contributed by atoms with Crippen molar-refractivity contribution >= 4 is 27.5 Å². The second kappa shape index (κ2) is 7.99. The Bertz CT molecular complexity index is 1130. The van der Waals surface area contributed by atoms with Crippen molar-refractivity contribution in [1.29, 1.82) is 0 Å². The van der Waals surface area contributed by atoms with Crippen LogP contribution in [0.15, 0.2) is 41.5 Å². The quantitative estimate of drug-likeness (QED) is 0.620. The van der Waals surface area contributed by atoms with Crippen molar-refractivity contribution in [2.45, 2.75) is 58.0 Å². The molecule has 3 aromatic rings. The van der Waals surface area contributed by atoms with Gasteiger partial charge < -0.3 is 4.90 Å². The lowest BCUT2D eigenvalue weighted by Gasteiger charge is -2.44. The molecule has 2 aromatic heterocycles. The molecule has 1 saturated heterocycles. The summed E-state index contributed by atoms with van der Waals surface area (Å²) in [5.74, 6) is 0.701. The number of fused-ring (bicyclic) bond motifs is 2. The number of hydrogen-bond donors (Lipinski definition) is 0. The van der Waals surface area contributed by atoms with Gasteiger partial charge in [-0.1, -0.05) is 43.2 Å². The lowest BCUT2D eigenvalue weighted by Crippen LogP contribution is -2.51. The maximum atomic E-state index is 13.3. The third-order valence-electron chi connectivity index (χ3n) is 6.82. The second-order valence-corrected chi connectivity index (χ2v) is 9.62. The van der Waals surface area contributed by atoms with Crippen LogP contribution in [0, 0.1) is 12.8 Å². The topological polar surface area (TPSA) is 55.2 Å². The standard InChI is InChI=1S/C24H27N3O2S/c1-16-21-23(30-22(16)18-9-3-2-4-10-18)25-15-26(24(21)29)14-20(28)27-13-7-11-17-8-5-6-12-19(17)27/h2-4,9-10,15,17,19H,5-8,11-14H2,1H3/t17-,19-/m0/s1. The monoisotopic (exact) mass is 421 g/mol. The molecular weight excluding hydrogens is 394 g/mol. The van der Waals surface area contributed by atoms with E-state index in [0.717, 1.165) is 40.2 Å². The van der Waals surface area contributed by atoms with Gasteiger partial charge in [-0.25, -0.2) is 4.98 Å². The van der Waals surface area contributed by atoms with Crippen LogP contribution in [0.2, 0.25) is 0 Å². The number of thiophene rings is 1. The molecular formula is C24H27N3O2S. The van der Waals surface area contributed by atoms with Gasteiger partial charge >= 0.3 is 0 Å². The summed E-state index contributed by atoms with van der Waals surface area (Å²) in [6, 6.07) is 10.5. The zero-order chi connectivity index (χ0) is 20.7. The Kier molecular flexibility index (Phi) is 5.19. The van der Waals surface area contributed by atoms with Crippen molar-refractivity contribution in [2.75, 3.05) is 6.54 Å². The van der Waals surface area contributed by atoms with Gasteiger partial charge in [0, 0.05) is 17.5 Å². The van der Waals surface area contributed by atoms with E-state index in [1.54, 1.807) is 17.7 Å². The van der Waals surface area contributed by atoms with E-state index in [1.165, 1.54) is 30.3 Å². The first kappa shape index (κ1) is 19.5. The van der Waals surface area contributed by atoms with Crippen LogP contribution in [0.3, 0.4) is 0 Å². The van der Waals surface area contributed by atoms with Gasteiger partial charge in [0.1, 0.15) is 11.4 Å². The SMILES string of the molecule is Cc1c(-c2ccccc2)sc2ncn(CC(=O)N3CCC[C@@H]4CCCC[C@@H]43)c(=O)c12. The Balaban J connectivity index is 1.45. The number of likely N-dealkylation sites (tertiary alicyclic amines) is 1. The fourth-order valence-electron chi connectivity index (χ4n) is 5.31. The first-order valence-corrected chi connectivity index (χ1v) is 11.8. The molecule has 2 aliphatic rings. The van der Waals surface area contributed by atoms with Gasteiger partial charge in [0.25, 0.3) is 5.56 Å². The highest BCUT2D eigenvalue weighted by molar-refractivity contribution is 7.22. The minimum atomic E-state index is -0.110. The molecule has 0 radical (unpaired) electrons. The molecule has 1 aromatic carbocycles. The third kappa shape index (κ3) is 3.37. The summed E-state index contributed by atoms with van der Waals surface area (Å²) < 4.78 is 1.51. The number of hydrogen-bond acceptors (Lipinski definition) is 4. The highest BCUT2D eigenvalue weighted by atomic mass is 32.1. The van der Waals surface area contributed by atoms with E-state index < -0.39 is 0 Å². The summed E-state index contributed by atoms with van der Waals surface area (Å²) in [6.07, 6.45) is 8.68. The predicted molar refractivity (Wildman–Crippen MR) is 121 cm³/mol. The zero-order valence-electron chi connectivity index (χ0n) is 17.3. The van der Waals surface area contributed by atoms with E-state index in [4.69, 9.17) is 0 Å². The van der Waals surface area contributed by atoms with Crippen LogP contribution < -0.4 is 5.56 Å². The normalized spacial score (nSPS) is 21.6. The average molecular weight is 422 g/mol. The van der Waals surface area contributed by atoms with Gasteiger partial charge in [-0.3, -0.25) is 14.2 Å². The van der Waals surface area contributed by atoms with Crippen molar-refractivity contribution in [2.24, 2.45) is 5.92 Å². The van der Waals surface area contributed by atoms with E-state index in [0.29, 0.717) is 17.3 Å². The maximum Gasteiger partial charge on any atom is 0.262 e. The number of rotatable bonds is 3. The first-order valence-electron chi connectivity index (χ1n) is 11.0. The molecule has 2 atom stereocenters. The maximum absolute atomic E-state index is 13.3. The Morgan fingerprint density at radius 1 is 1.13 bits per heavy atom. The molecule has 3 heterocycles. The smallest absolute Gasteiger partial charge is 0.262 e. The molecule has 1 saturated carbocycles. The third-order valence-corrected chi connectivity index (χ3v) is 8.07. The molecule has 5 nitrogen and oxygen atoms in total. The fraction of sp³-hybridized carbons (Fsp3) is 0.458. The zero-order valence-corrected chi connectivity index (χ0v) is 18.2. The molecule has 1 aliphatic carbocycles. The van der Waals surface area contributed by atoms with Crippen molar-refractivity contribution in [3.63, 3.8) is 0 Å². The molecule has 0 unspecified atom stereocenters. The molecule has 0 N–H and O–H groups in total. The van der Waals surface area contributed by atoms with Crippen molar-refractivity contribution in [3.05, 3.63) is 52.6 Å². The molecule has 30 heavy (non-hydrogen) atoms. The Morgan fingerprint density at radius 3 is 2.73 bits per heavy atom. The number of piperidine rings is 1. The number of carbonyl (C=O) groups is 1. The number of amides is 1. The van der Waals surface area contributed by atoms with Gasteiger partial charge in [-0.05, 0) is 49.7 Å². The van der Waals surface area contributed by atoms with Gasteiger partial charge in [0.05, 0.1) is 11.7 Å². The molecule has 0 spiro atoms. The van der Waals surface area contributed by atoms with Gasteiger partial charge in [-0.2, -0.15) is 0 Å². The van der Waals surface area contributed by atoms with Crippen LogP contribution >= 0.6 is 11.3 Å². The van der Waals surface area contributed by atoms with E-state index in [2.05, 4.69) is 22.0 Å². The van der Waals surface area contributed by atoms with Crippen molar-refractivity contribution in [1.82, 2.24) is 14.5 Å². The van der Waals surface area contributed by atoms with Crippen molar-refractivity contribution in [3.8, 4) is 10.4 Å². The summed E-state index contributed by atoms with van der Waals surface area (Å²) in [5.41, 5.74) is 1.93. The summed E-state index contributed by atoms with van der Waals surface area (Å²) in [5, 5.41) is 0.642. The van der Waals surface area contributed by atoms with E-state index in [1.807, 2.05) is 25.1 Å². The second-order valence-electron chi connectivity index (χ2n) is 8.62. The molecule has 2 fully saturated rings. The van der Waals surface area contributed by atoms with Crippen LogP contribution in [0.4, 0.5) is 0 Å². The number of aryl methyl sites for hydroxylation is 1. The first-order chi connectivity index (χ1) is 14.6. The number of carbonyl (C=O) groups excluding carboxylic acids is 1. The fourth-order valence-corrected chi connectivity index (χ4v) is 6.45. The minimum absolute atomic E-state index is 0.0611. The minimum Gasteiger partial charge on any atom is -0.338 e. The highest BCUT2D eigenvalue weighted by Crippen LogP contribution is 2.36. The Labute approximate surface area is 180 Å². The lowest BCUT2D eigenvalue weighted by molar-refractivity contribution is -0.138. The lowest BCUT2D eigenvalue weighted by atomic mass is 9.78. The van der Waals surface area contributed by atoms with Crippen molar-refractivity contribution < 1.29 is 4.79 Å². The number of benzene rings is 1. The Morgan fingerprint density at radius 2 is 1.90 bits per heavy atom. The molecule has 6 heteroatoms. The summed E-state index contributed by atoms with van der Waals surface area (Å²) in [7, 11) is 0. The molecule has 1 amide bonds. The van der Waals surface area contributed by atoms with E-state index in [-0.39, 0.29) is 18.0 Å². The van der Waals surface area contributed by atoms with E-state index >= 15 is 0 Å². The summed E-state index contributed by atoms with van der Waals surface area (Å²) in [4.78, 5) is 34.8. The Hall–Kier alpha value is -2.47. The number of aromatic nitrogens is 2. The average Bonchev–Trinajstić information content (AvgIpc) is 3.13. The van der Waals surface area contributed by atoms with Gasteiger partial charge in [-0.15, -0.1) is 11.3 Å². The summed E-state index contributed by atoms with van der Waals surface area (Å²) >= 11 is 1.54. The molecule has 0 bridgehead atoms. The van der Waals surface area contributed by atoms with E-state index in [9.17, 15) is 9.59 Å².